The van der Waals surface area contributed by atoms with Gasteiger partial charge in [0, 0.05) is 6.04 Å². The lowest BCUT2D eigenvalue weighted by Gasteiger charge is -2.16. The molecular weight excluding hydrogens is 174 g/mol. The van der Waals surface area contributed by atoms with Gasteiger partial charge in [0.05, 0.1) is 12.5 Å². The average Bonchev–Trinajstić information content (AvgIpc) is 2.64. The number of rotatable bonds is 6. The SMILES string of the molecule is CCC(CNC(C)C)Cc1ccoc1. The predicted molar refractivity (Wildman–Crippen MR) is 59.3 cm³/mol. The number of furan rings is 1. The second kappa shape index (κ2) is 5.86. The standard InChI is InChI=1S/C12H21NO/c1-4-11(8-13-10(2)3)7-12-5-6-14-9-12/h5-6,9-11,13H,4,7-8H2,1-3H3. The molecule has 0 aliphatic rings. The largest absolute Gasteiger partial charge is 0.472 e. The Morgan fingerprint density at radius 1 is 1.43 bits per heavy atom. The lowest BCUT2D eigenvalue weighted by molar-refractivity contribution is 0.434. The van der Waals surface area contributed by atoms with Crippen molar-refractivity contribution in [3.05, 3.63) is 24.2 Å². The van der Waals surface area contributed by atoms with Crippen LogP contribution in [0.4, 0.5) is 0 Å². The number of nitrogens with one attached hydrogen (secondary N) is 1. The summed E-state index contributed by atoms with van der Waals surface area (Å²) >= 11 is 0. The summed E-state index contributed by atoms with van der Waals surface area (Å²) in [5, 5.41) is 3.48. The van der Waals surface area contributed by atoms with Gasteiger partial charge in [-0.3, -0.25) is 0 Å². The third-order valence-corrected chi connectivity index (χ3v) is 2.50. The molecule has 0 aliphatic heterocycles. The summed E-state index contributed by atoms with van der Waals surface area (Å²) in [6.45, 7) is 7.71. The first kappa shape index (κ1) is 11.3. The molecule has 1 rings (SSSR count). The van der Waals surface area contributed by atoms with Gasteiger partial charge in [0.15, 0.2) is 0 Å². The Bertz CT molecular complexity index is 228. The van der Waals surface area contributed by atoms with E-state index in [-0.39, 0.29) is 0 Å². The third-order valence-electron chi connectivity index (χ3n) is 2.50. The fourth-order valence-electron chi connectivity index (χ4n) is 1.51. The topological polar surface area (TPSA) is 25.2 Å². The minimum atomic E-state index is 0.577. The van der Waals surface area contributed by atoms with Crippen molar-refractivity contribution in [2.75, 3.05) is 6.54 Å². The van der Waals surface area contributed by atoms with Gasteiger partial charge in [-0.2, -0.15) is 0 Å². The van der Waals surface area contributed by atoms with Crippen molar-refractivity contribution < 1.29 is 4.42 Å². The molecule has 1 N–H and O–H groups in total. The van der Waals surface area contributed by atoms with E-state index in [4.69, 9.17) is 4.42 Å². The molecule has 1 atom stereocenters. The Balaban J connectivity index is 2.32. The van der Waals surface area contributed by atoms with E-state index in [9.17, 15) is 0 Å². The highest BCUT2D eigenvalue weighted by Crippen LogP contribution is 2.11. The van der Waals surface area contributed by atoms with Gasteiger partial charge in [0.2, 0.25) is 0 Å². The van der Waals surface area contributed by atoms with Crippen LogP contribution in [0.15, 0.2) is 23.0 Å². The second-order valence-corrected chi connectivity index (χ2v) is 4.17. The molecule has 2 nitrogen and oxygen atoms in total. The van der Waals surface area contributed by atoms with Crippen LogP contribution in [0, 0.1) is 5.92 Å². The van der Waals surface area contributed by atoms with Crippen molar-refractivity contribution in [2.24, 2.45) is 5.92 Å². The molecule has 0 aromatic carbocycles. The molecule has 80 valence electrons. The molecule has 0 fully saturated rings. The summed E-state index contributed by atoms with van der Waals surface area (Å²) < 4.78 is 5.07. The summed E-state index contributed by atoms with van der Waals surface area (Å²) in [6.07, 6.45) is 5.92. The zero-order chi connectivity index (χ0) is 10.4. The molecule has 0 amide bonds. The van der Waals surface area contributed by atoms with Gasteiger partial charge in [0.1, 0.15) is 0 Å². The molecule has 0 spiro atoms. The van der Waals surface area contributed by atoms with Crippen LogP contribution in [0.3, 0.4) is 0 Å². The summed E-state index contributed by atoms with van der Waals surface area (Å²) in [6, 6.07) is 2.63. The van der Waals surface area contributed by atoms with Gasteiger partial charge in [-0.05, 0) is 30.5 Å². The van der Waals surface area contributed by atoms with E-state index in [0.717, 1.165) is 18.9 Å². The highest BCUT2D eigenvalue weighted by atomic mass is 16.3. The second-order valence-electron chi connectivity index (χ2n) is 4.17. The first-order valence-corrected chi connectivity index (χ1v) is 5.46. The smallest absolute Gasteiger partial charge is 0.0934 e. The van der Waals surface area contributed by atoms with Crippen molar-refractivity contribution in [2.45, 2.75) is 39.7 Å². The van der Waals surface area contributed by atoms with Gasteiger partial charge in [-0.1, -0.05) is 27.2 Å². The predicted octanol–water partition coefficient (Wildman–Crippen LogP) is 2.85. The van der Waals surface area contributed by atoms with Crippen LogP contribution in [-0.4, -0.2) is 12.6 Å². The molecular formula is C12H21NO. The summed E-state index contributed by atoms with van der Waals surface area (Å²) in [5.41, 5.74) is 1.31. The lowest BCUT2D eigenvalue weighted by Crippen LogP contribution is -2.29. The van der Waals surface area contributed by atoms with Gasteiger partial charge in [-0.25, -0.2) is 0 Å². The molecule has 1 heterocycles. The van der Waals surface area contributed by atoms with E-state index in [1.807, 2.05) is 6.26 Å². The van der Waals surface area contributed by atoms with Crippen molar-refractivity contribution in [1.29, 1.82) is 0 Å². The van der Waals surface area contributed by atoms with Crippen LogP contribution >= 0.6 is 0 Å². The van der Waals surface area contributed by atoms with Crippen molar-refractivity contribution in [1.82, 2.24) is 5.32 Å². The minimum Gasteiger partial charge on any atom is -0.472 e. The van der Waals surface area contributed by atoms with E-state index < -0.39 is 0 Å². The minimum absolute atomic E-state index is 0.577. The Hall–Kier alpha value is -0.760. The van der Waals surface area contributed by atoms with Gasteiger partial charge < -0.3 is 9.73 Å². The highest BCUT2D eigenvalue weighted by Gasteiger charge is 2.08. The van der Waals surface area contributed by atoms with E-state index in [0.29, 0.717) is 6.04 Å². The summed E-state index contributed by atoms with van der Waals surface area (Å²) in [7, 11) is 0. The number of hydrogen-bond donors (Lipinski definition) is 1. The molecule has 0 radical (unpaired) electrons. The maximum Gasteiger partial charge on any atom is 0.0934 e. The maximum atomic E-state index is 5.07. The Kier molecular flexibility index (Phi) is 4.74. The fourth-order valence-corrected chi connectivity index (χ4v) is 1.51. The van der Waals surface area contributed by atoms with Crippen LogP contribution < -0.4 is 5.32 Å². The molecule has 2 heteroatoms. The fraction of sp³-hybridized carbons (Fsp3) is 0.667. The van der Waals surface area contributed by atoms with E-state index in [2.05, 4.69) is 32.2 Å². The molecule has 0 aliphatic carbocycles. The molecule has 14 heavy (non-hydrogen) atoms. The molecule has 0 saturated heterocycles. The van der Waals surface area contributed by atoms with Crippen LogP contribution in [-0.2, 0) is 6.42 Å². The molecule has 0 bridgehead atoms. The normalized spacial score (nSPS) is 13.4. The maximum absolute atomic E-state index is 5.07. The summed E-state index contributed by atoms with van der Waals surface area (Å²) in [4.78, 5) is 0. The Morgan fingerprint density at radius 2 is 2.21 bits per heavy atom. The first-order valence-electron chi connectivity index (χ1n) is 5.46. The van der Waals surface area contributed by atoms with Crippen molar-refractivity contribution in [3.63, 3.8) is 0 Å². The molecule has 1 aromatic rings. The van der Waals surface area contributed by atoms with Crippen LogP contribution in [0.2, 0.25) is 0 Å². The molecule has 0 saturated carbocycles. The van der Waals surface area contributed by atoms with Crippen molar-refractivity contribution >= 4 is 0 Å². The zero-order valence-electron chi connectivity index (χ0n) is 9.42. The molecule has 1 aromatic heterocycles. The Labute approximate surface area is 86.7 Å². The Morgan fingerprint density at radius 3 is 2.71 bits per heavy atom. The number of hydrogen-bond acceptors (Lipinski definition) is 2. The van der Waals surface area contributed by atoms with E-state index in [1.54, 1.807) is 6.26 Å². The first-order chi connectivity index (χ1) is 6.72. The van der Waals surface area contributed by atoms with Gasteiger partial charge in [-0.15, -0.1) is 0 Å². The molecule has 1 unspecified atom stereocenters. The van der Waals surface area contributed by atoms with Crippen LogP contribution in [0.1, 0.15) is 32.8 Å². The van der Waals surface area contributed by atoms with Crippen LogP contribution in [0.25, 0.3) is 0 Å². The third kappa shape index (κ3) is 3.97. The van der Waals surface area contributed by atoms with Crippen molar-refractivity contribution in [3.8, 4) is 0 Å². The lowest BCUT2D eigenvalue weighted by atomic mass is 9.98. The quantitative estimate of drug-likeness (QED) is 0.755. The zero-order valence-corrected chi connectivity index (χ0v) is 9.42. The van der Waals surface area contributed by atoms with Gasteiger partial charge >= 0.3 is 0 Å². The monoisotopic (exact) mass is 195 g/mol. The van der Waals surface area contributed by atoms with E-state index in [1.165, 1.54) is 12.0 Å². The summed E-state index contributed by atoms with van der Waals surface area (Å²) in [5.74, 6) is 0.718. The van der Waals surface area contributed by atoms with Gasteiger partial charge in [0.25, 0.3) is 0 Å². The highest BCUT2D eigenvalue weighted by molar-refractivity contribution is 5.06. The van der Waals surface area contributed by atoms with Crippen LogP contribution in [0.5, 0.6) is 0 Å². The van der Waals surface area contributed by atoms with E-state index >= 15 is 0 Å². The average molecular weight is 195 g/mol.